The molecule has 2 N–H and O–H groups in total. The van der Waals surface area contributed by atoms with E-state index in [0.29, 0.717) is 6.04 Å². The number of ether oxygens (including phenoxy) is 1. The number of nitrogens with zero attached hydrogens (tertiary/aromatic N) is 2. The highest BCUT2D eigenvalue weighted by atomic mass is 32.2. The SMILES string of the molecule is CCNC(=NCC1(SC)CCOCC1)NCC(c1cccs1)N1CCCC1. The van der Waals surface area contributed by atoms with E-state index < -0.39 is 0 Å². The number of thiophene rings is 1. The lowest BCUT2D eigenvalue weighted by Gasteiger charge is -2.34. The molecule has 0 aliphatic carbocycles. The van der Waals surface area contributed by atoms with E-state index in [0.717, 1.165) is 51.6 Å². The first-order chi connectivity index (χ1) is 13.3. The molecule has 0 radical (unpaired) electrons. The van der Waals surface area contributed by atoms with E-state index in [-0.39, 0.29) is 4.75 Å². The van der Waals surface area contributed by atoms with E-state index in [4.69, 9.17) is 9.73 Å². The number of hydrogen-bond donors (Lipinski definition) is 2. The van der Waals surface area contributed by atoms with Crippen molar-refractivity contribution in [3.8, 4) is 0 Å². The minimum Gasteiger partial charge on any atom is -0.381 e. The Morgan fingerprint density at radius 2 is 2.11 bits per heavy atom. The molecule has 152 valence electrons. The first-order valence-corrected chi connectivity index (χ1v) is 12.3. The number of guanidine groups is 1. The summed E-state index contributed by atoms with van der Waals surface area (Å²) in [7, 11) is 0. The molecule has 5 nitrogen and oxygen atoms in total. The zero-order chi connectivity index (χ0) is 19.0. The van der Waals surface area contributed by atoms with Gasteiger partial charge in [0.1, 0.15) is 0 Å². The number of likely N-dealkylation sites (tertiary alicyclic amines) is 1. The maximum atomic E-state index is 5.56. The first kappa shape index (κ1) is 21.0. The Hall–Kier alpha value is -0.760. The predicted octanol–water partition coefficient (Wildman–Crippen LogP) is 3.35. The number of rotatable bonds is 8. The zero-order valence-corrected chi connectivity index (χ0v) is 18.3. The first-order valence-electron chi connectivity index (χ1n) is 10.2. The molecule has 0 spiro atoms. The fourth-order valence-electron chi connectivity index (χ4n) is 3.87. The summed E-state index contributed by atoms with van der Waals surface area (Å²) in [5, 5.41) is 9.25. The van der Waals surface area contributed by atoms with Gasteiger partial charge in [-0.3, -0.25) is 9.89 Å². The Bertz CT molecular complexity index is 567. The molecule has 1 aromatic rings. The minimum atomic E-state index is 0.225. The summed E-state index contributed by atoms with van der Waals surface area (Å²) in [5.41, 5.74) is 0. The summed E-state index contributed by atoms with van der Waals surface area (Å²) < 4.78 is 5.79. The molecule has 7 heteroatoms. The third-order valence-electron chi connectivity index (χ3n) is 5.62. The third kappa shape index (κ3) is 5.86. The van der Waals surface area contributed by atoms with Gasteiger partial charge in [0.05, 0.1) is 12.6 Å². The second-order valence-corrected chi connectivity index (χ2v) is 9.60. The van der Waals surface area contributed by atoms with Crippen molar-refractivity contribution >= 4 is 29.1 Å². The number of thioether (sulfide) groups is 1. The van der Waals surface area contributed by atoms with E-state index in [1.165, 1.54) is 30.8 Å². The maximum Gasteiger partial charge on any atom is 0.191 e. The Labute approximate surface area is 172 Å². The van der Waals surface area contributed by atoms with Gasteiger partial charge in [-0.2, -0.15) is 11.8 Å². The van der Waals surface area contributed by atoms with Crippen LogP contribution >= 0.6 is 23.1 Å². The van der Waals surface area contributed by atoms with Gasteiger partial charge in [0.25, 0.3) is 0 Å². The molecule has 3 heterocycles. The van der Waals surface area contributed by atoms with Gasteiger partial charge in [-0.25, -0.2) is 0 Å². The maximum absolute atomic E-state index is 5.56. The monoisotopic (exact) mass is 410 g/mol. The molecular weight excluding hydrogens is 376 g/mol. The van der Waals surface area contributed by atoms with Gasteiger partial charge in [0.2, 0.25) is 0 Å². The number of aliphatic imine (C=N–C) groups is 1. The second kappa shape index (κ2) is 10.7. The summed E-state index contributed by atoms with van der Waals surface area (Å²) in [5.74, 6) is 0.943. The lowest BCUT2D eigenvalue weighted by molar-refractivity contribution is 0.0794. The molecule has 2 aliphatic rings. The van der Waals surface area contributed by atoms with Gasteiger partial charge in [-0.15, -0.1) is 11.3 Å². The van der Waals surface area contributed by atoms with Crippen molar-refractivity contribution in [2.24, 2.45) is 4.99 Å². The Balaban J connectivity index is 1.63. The zero-order valence-electron chi connectivity index (χ0n) is 16.7. The van der Waals surface area contributed by atoms with Crippen LogP contribution in [0.4, 0.5) is 0 Å². The summed E-state index contributed by atoms with van der Waals surface area (Å²) >= 11 is 3.81. The highest BCUT2D eigenvalue weighted by molar-refractivity contribution is 8.00. The van der Waals surface area contributed by atoms with E-state index in [1.807, 2.05) is 23.1 Å². The summed E-state index contributed by atoms with van der Waals surface area (Å²) in [6.45, 7) is 8.89. The van der Waals surface area contributed by atoms with Crippen molar-refractivity contribution in [1.82, 2.24) is 15.5 Å². The second-order valence-electron chi connectivity index (χ2n) is 7.35. The Morgan fingerprint density at radius 1 is 1.33 bits per heavy atom. The van der Waals surface area contributed by atoms with Crippen LogP contribution in [-0.4, -0.2) is 67.8 Å². The quantitative estimate of drug-likeness (QED) is 0.508. The van der Waals surface area contributed by atoms with E-state index >= 15 is 0 Å². The van der Waals surface area contributed by atoms with Crippen molar-refractivity contribution < 1.29 is 4.74 Å². The average molecular weight is 411 g/mol. The van der Waals surface area contributed by atoms with Crippen molar-refractivity contribution in [2.45, 2.75) is 43.4 Å². The number of nitrogens with one attached hydrogen (secondary N) is 2. The highest BCUT2D eigenvalue weighted by Crippen LogP contribution is 2.34. The molecule has 1 unspecified atom stereocenters. The van der Waals surface area contributed by atoms with Crippen LogP contribution < -0.4 is 10.6 Å². The topological polar surface area (TPSA) is 48.9 Å². The van der Waals surface area contributed by atoms with Gasteiger partial charge >= 0.3 is 0 Å². The van der Waals surface area contributed by atoms with Gasteiger partial charge in [0.15, 0.2) is 5.96 Å². The third-order valence-corrected chi connectivity index (χ3v) is 8.00. The smallest absolute Gasteiger partial charge is 0.191 e. The predicted molar refractivity (Wildman–Crippen MR) is 118 cm³/mol. The minimum absolute atomic E-state index is 0.225. The molecule has 1 aromatic heterocycles. The molecule has 0 bridgehead atoms. The Kier molecular flexibility index (Phi) is 8.30. The van der Waals surface area contributed by atoms with Crippen LogP contribution in [0.5, 0.6) is 0 Å². The molecule has 27 heavy (non-hydrogen) atoms. The van der Waals surface area contributed by atoms with Gasteiger partial charge in [0, 0.05) is 35.9 Å². The van der Waals surface area contributed by atoms with Crippen molar-refractivity contribution in [2.75, 3.05) is 52.2 Å². The van der Waals surface area contributed by atoms with E-state index in [2.05, 4.69) is 46.2 Å². The lowest BCUT2D eigenvalue weighted by atomic mass is 9.99. The van der Waals surface area contributed by atoms with Crippen LogP contribution in [0.15, 0.2) is 22.5 Å². The van der Waals surface area contributed by atoms with Crippen LogP contribution in [-0.2, 0) is 4.74 Å². The molecule has 2 fully saturated rings. The van der Waals surface area contributed by atoms with Crippen molar-refractivity contribution in [1.29, 1.82) is 0 Å². The average Bonchev–Trinajstić information content (AvgIpc) is 3.42. The molecular formula is C20H34N4OS2. The van der Waals surface area contributed by atoms with Crippen LogP contribution in [0, 0.1) is 0 Å². The van der Waals surface area contributed by atoms with Crippen LogP contribution in [0.2, 0.25) is 0 Å². The number of hydrogen-bond acceptors (Lipinski definition) is 5. The standard InChI is InChI=1S/C20H34N4OS2/c1-3-21-19(23-16-20(26-2)8-12-25-13-9-20)22-15-17(18-7-6-14-27-18)24-10-4-5-11-24/h6-7,14,17H,3-5,8-13,15-16H2,1-2H3,(H2,21,22,23). The fraction of sp³-hybridized carbons (Fsp3) is 0.750. The lowest BCUT2D eigenvalue weighted by Crippen LogP contribution is -2.44. The van der Waals surface area contributed by atoms with Crippen molar-refractivity contribution in [3.05, 3.63) is 22.4 Å². The molecule has 0 amide bonds. The molecule has 0 saturated carbocycles. The highest BCUT2D eigenvalue weighted by Gasteiger charge is 2.31. The van der Waals surface area contributed by atoms with Crippen LogP contribution in [0.25, 0.3) is 0 Å². The summed E-state index contributed by atoms with van der Waals surface area (Å²) in [6, 6.07) is 4.87. The normalized spacial score (nSPS) is 21.9. The molecule has 3 rings (SSSR count). The van der Waals surface area contributed by atoms with Gasteiger partial charge < -0.3 is 15.4 Å². The Morgan fingerprint density at radius 3 is 2.74 bits per heavy atom. The summed E-state index contributed by atoms with van der Waals surface area (Å²) in [6.07, 6.45) is 7.01. The van der Waals surface area contributed by atoms with Gasteiger partial charge in [-0.05, 0) is 63.4 Å². The van der Waals surface area contributed by atoms with Crippen LogP contribution in [0.1, 0.15) is 43.5 Å². The molecule has 2 saturated heterocycles. The van der Waals surface area contributed by atoms with Crippen LogP contribution in [0.3, 0.4) is 0 Å². The van der Waals surface area contributed by atoms with E-state index in [1.54, 1.807) is 0 Å². The largest absolute Gasteiger partial charge is 0.381 e. The van der Waals surface area contributed by atoms with Gasteiger partial charge in [-0.1, -0.05) is 6.07 Å². The van der Waals surface area contributed by atoms with Crippen molar-refractivity contribution in [3.63, 3.8) is 0 Å². The molecule has 2 aliphatic heterocycles. The van der Waals surface area contributed by atoms with E-state index in [9.17, 15) is 0 Å². The molecule has 1 atom stereocenters. The molecule has 0 aromatic carbocycles. The fourth-order valence-corrected chi connectivity index (χ4v) is 5.50. The summed E-state index contributed by atoms with van der Waals surface area (Å²) in [4.78, 5) is 9.03.